The number of amides is 2. The van der Waals surface area contributed by atoms with Gasteiger partial charge in [-0.05, 0) is 57.7 Å². The van der Waals surface area contributed by atoms with Gasteiger partial charge in [-0.15, -0.1) is 0 Å². The fourth-order valence-electron chi connectivity index (χ4n) is 4.69. The number of hydrogen-bond acceptors (Lipinski definition) is 4. The summed E-state index contributed by atoms with van der Waals surface area (Å²) in [5, 5.41) is 2.29. The van der Waals surface area contributed by atoms with Gasteiger partial charge < -0.3 is 10.2 Å². The lowest BCUT2D eigenvalue weighted by Crippen LogP contribution is -2.64. The summed E-state index contributed by atoms with van der Waals surface area (Å²) in [6, 6.07) is 7.70. The van der Waals surface area contributed by atoms with E-state index in [1.165, 1.54) is 29.5 Å². The smallest absolute Gasteiger partial charge is 0.284 e. The van der Waals surface area contributed by atoms with E-state index in [1.54, 1.807) is 6.92 Å². The molecule has 4 rings (SSSR count). The average molecular weight is 371 g/mol. The number of nitrogens with zero attached hydrogens (tertiary/aromatic N) is 2. The maximum Gasteiger partial charge on any atom is 0.284 e. The number of carbonyl (C=O) groups excluding carboxylic acids is 3. The predicted molar refractivity (Wildman–Crippen MR) is 103 cm³/mol. The number of hydrogen-bond donors (Lipinski definition) is 1. The molecule has 1 aromatic carbocycles. The summed E-state index contributed by atoms with van der Waals surface area (Å²) in [6.07, 6.45) is 4.72. The molecule has 3 atom stereocenters. The van der Waals surface area contributed by atoms with E-state index in [0.717, 1.165) is 19.4 Å². The molecule has 6 heteroatoms. The Morgan fingerprint density at radius 2 is 2.11 bits per heavy atom. The standard InChI is InChI=1S/C17H22N2O.C4H7NO2/c1-11-6-7-13-12(10-11)8-9-19-16(13)14-4-3-5-15(17(19)20)18(14)2;1-2-5-4(7)3-6/h6-7,10,14-16H,3-5,8-9H2,1-2H3;3H,2H2,1H3,(H,5,7). The molecule has 2 amide bonds. The molecule has 2 fully saturated rings. The average Bonchev–Trinajstić information content (AvgIpc) is 2.66. The molecular weight excluding hydrogens is 342 g/mol. The number of rotatable bonds is 2. The normalized spacial score (nSPS) is 26.3. The van der Waals surface area contributed by atoms with Crippen LogP contribution in [0.2, 0.25) is 0 Å². The highest BCUT2D eigenvalue weighted by atomic mass is 16.2. The van der Waals surface area contributed by atoms with Crippen molar-refractivity contribution in [2.45, 2.75) is 57.7 Å². The van der Waals surface area contributed by atoms with Crippen LogP contribution in [0, 0.1) is 6.92 Å². The van der Waals surface area contributed by atoms with Crippen molar-refractivity contribution in [1.82, 2.24) is 15.1 Å². The first kappa shape index (κ1) is 19.5. The number of carbonyl (C=O) groups is 3. The lowest BCUT2D eigenvalue weighted by molar-refractivity contribution is -0.154. The van der Waals surface area contributed by atoms with Crippen LogP contribution in [-0.2, 0) is 20.8 Å². The van der Waals surface area contributed by atoms with Gasteiger partial charge in [0.1, 0.15) is 0 Å². The molecule has 1 aromatic rings. The van der Waals surface area contributed by atoms with Crippen LogP contribution in [0.5, 0.6) is 0 Å². The van der Waals surface area contributed by atoms with Crippen LogP contribution in [0.25, 0.3) is 0 Å². The van der Waals surface area contributed by atoms with Crippen LogP contribution in [0.1, 0.15) is 48.9 Å². The van der Waals surface area contributed by atoms with Crippen molar-refractivity contribution in [1.29, 1.82) is 0 Å². The Bertz CT molecular complexity index is 733. The summed E-state index contributed by atoms with van der Waals surface area (Å²) in [5.41, 5.74) is 4.18. The number of likely N-dealkylation sites (N-methyl/N-ethyl adjacent to an activating group) is 2. The summed E-state index contributed by atoms with van der Waals surface area (Å²) in [5.74, 6) is -0.192. The van der Waals surface area contributed by atoms with Gasteiger partial charge in [0.2, 0.25) is 12.2 Å². The van der Waals surface area contributed by atoms with E-state index in [1.807, 2.05) is 0 Å². The Hall–Kier alpha value is -2.21. The van der Waals surface area contributed by atoms with Crippen molar-refractivity contribution in [3.8, 4) is 0 Å². The molecule has 2 bridgehead atoms. The fourth-order valence-corrected chi connectivity index (χ4v) is 4.69. The van der Waals surface area contributed by atoms with E-state index in [2.05, 4.69) is 47.3 Å². The Labute approximate surface area is 160 Å². The predicted octanol–water partition coefficient (Wildman–Crippen LogP) is 1.61. The maximum absolute atomic E-state index is 12.7. The van der Waals surface area contributed by atoms with Gasteiger partial charge in [0.05, 0.1) is 12.1 Å². The van der Waals surface area contributed by atoms with Crippen LogP contribution in [0.15, 0.2) is 18.2 Å². The quantitative estimate of drug-likeness (QED) is 0.633. The van der Waals surface area contributed by atoms with E-state index < -0.39 is 5.91 Å². The Morgan fingerprint density at radius 3 is 2.78 bits per heavy atom. The van der Waals surface area contributed by atoms with Crippen LogP contribution in [0.4, 0.5) is 0 Å². The molecule has 0 aliphatic carbocycles. The van der Waals surface area contributed by atoms with E-state index >= 15 is 0 Å². The van der Waals surface area contributed by atoms with Crippen LogP contribution >= 0.6 is 0 Å². The molecule has 3 heterocycles. The van der Waals surface area contributed by atoms with Gasteiger partial charge in [0.15, 0.2) is 0 Å². The van der Waals surface area contributed by atoms with Gasteiger partial charge >= 0.3 is 0 Å². The van der Waals surface area contributed by atoms with E-state index in [9.17, 15) is 14.4 Å². The highest BCUT2D eigenvalue weighted by Crippen LogP contribution is 2.43. The minimum Gasteiger partial charge on any atom is -0.350 e. The minimum atomic E-state index is -0.553. The van der Waals surface area contributed by atoms with Crippen molar-refractivity contribution in [2.24, 2.45) is 0 Å². The summed E-state index contributed by atoms with van der Waals surface area (Å²) >= 11 is 0. The largest absolute Gasteiger partial charge is 0.350 e. The Morgan fingerprint density at radius 1 is 1.33 bits per heavy atom. The third-order valence-electron chi connectivity index (χ3n) is 5.96. The number of piperidine rings is 1. The third kappa shape index (κ3) is 3.76. The zero-order valence-corrected chi connectivity index (χ0v) is 16.4. The second-order valence-electron chi connectivity index (χ2n) is 7.62. The Kier molecular flexibility index (Phi) is 5.95. The van der Waals surface area contributed by atoms with E-state index in [-0.39, 0.29) is 18.4 Å². The lowest BCUT2D eigenvalue weighted by Gasteiger charge is -2.54. The zero-order chi connectivity index (χ0) is 19.6. The van der Waals surface area contributed by atoms with Crippen LogP contribution < -0.4 is 5.32 Å². The van der Waals surface area contributed by atoms with Crippen molar-refractivity contribution in [3.05, 3.63) is 34.9 Å². The van der Waals surface area contributed by atoms with Gasteiger partial charge in [0, 0.05) is 19.1 Å². The van der Waals surface area contributed by atoms with Crippen LogP contribution in [0.3, 0.4) is 0 Å². The molecule has 3 unspecified atom stereocenters. The van der Waals surface area contributed by atoms with Gasteiger partial charge in [-0.25, -0.2) is 0 Å². The van der Waals surface area contributed by atoms with Crippen molar-refractivity contribution in [3.63, 3.8) is 0 Å². The molecule has 27 heavy (non-hydrogen) atoms. The first-order valence-electron chi connectivity index (χ1n) is 9.82. The first-order valence-corrected chi connectivity index (χ1v) is 9.82. The molecule has 6 nitrogen and oxygen atoms in total. The van der Waals surface area contributed by atoms with E-state index in [4.69, 9.17) is 0 Å². The summed E-state index contributed by atoms with van der Waals surface area (Å²) < 4.78 is 0. The molecule has 0 radical (unpaired) electrons. The third-order valence-corrected chi connectivity index (χ3v) is 5.96. The molecule has 146 valence electrons. The first-order chi connectivity index (χ1) is 13.0. The summed E-state index contributed by atoms with van der Waals surface area (Å²) in [4.78, 5) is 36.7. The lowest BCUT2D eigenvalue weighted by atomic mass is 9.78. The van der Waals surface area contributed by atoms with Gasteiger partial charge in [-0.3, -0.25) is 19.3 Å². The summed E-state index contributed by atoms with van der Waals surface area (Å²) in [7, 11) is 2.15. The number of nitrogens with one attached hydrogen (secondary N) is 1. The fraction of sp³-hybridized carbons (Fsp3) is 0.571. The van der Waals surface area contributed by atoms with Crippen molar-refractivity contribution < 1.29 is 14.4 Å². The Balaban J connectivity index is 0.000000260. The molecule has 0 saturated carbocycles. The molecule has 3 aliphatic rings. The molecule has 1 N–H and O–H groups in total. The minimum absolute atomic E-state index is 0.136. The number of aldehydes is 1. The van der Waals surface area contributed by atoms with Gasteiger partial charge in [-0.2, -0.15) is 0 Å². The monoisotopic (exact) mass is 371 g/mol. The zero-order valence-electron chi connectivity index (χ0n) is 16.4. The van der Waals surface area contributed by atoms with Crippen molar-refractivity contribution >= 4 is 18.1 Å². The van der Waals surface area contributed by atoms with Crippen LogP contribution in [-0.4, -0.2) is 60.1 Å². The summed E-state index contributed by atoms with van der Waals surface area (Å²) in [6.45, 7) is 5.32. The topological polar surface area (TPSA) is 69.7 Å². The SMILES string of the molecule is CCNC(=O)C=O.Cc1ccc2c(c1)CCN1C(=O)C3CCCC(C21)N3C. The molecule has 0 spiro atoms. The molecular formula is C21H29N3O3. The highest BCUT2D eigenvalue weighted by molar-refractivity contribution is 6.23. The van der Waals surface area contributed by atoms with E-state index in [0.29, 0.717) is 18.5 Å². The number of benzene rings is 1. The van der Waals surface area contributed by atoms with Gasteiger partial charge in [-0.1, -0.05) is 23.8 Å². The number of aryl methyl sites for hydroxylation is 1. The second kappa shape index (κ2) is 8.21. The number of fused-ring (bicyclic) bond motifs is 6. The molecule has 0 aromatic heterocycles. The highest BCUT2D eigenvalue weighted by Gasteiger charge is 2.49. The molecule has 3 aliphatic heterocycles. The molecule has 2 saturated heterocycles. The number of piperazine rings is 1. The maximum atomic E-state index is 12.7. The van der Waals surface area contributed by atoms with Crippen molar-refractivity contribution in [2.75, 3.05) is 20.1 Å². The van der Waals surface area contributed by atoms with Gasteiger partial charge in [0.25, 0.3) is 5.91 Å². The second-order valence-corrected chi connectivity index (χ2v) is 7.62.